The van der Waals surface area contributed by atoms with Gasteiger partial charge in [-0.2, -0.15) is 0 Å². The first-order valence-corrected chi connectivity index (χ1v) is 6.87. The Balaban J connectivity index is 2.93. The van der Waals surface area contributed by atoms with E-state index in [1.54, 1.807) is 6.07 Å². The summed E-state index contributed by atoms with van der Waals surface area (Å²) in [6.07, 6.45) is -0.746. The van der Waals surface area contributed by atoms with Gasteiger partial charge in [-0.15, -0.1) is 0 Å². The third-order valence-corrected chi connectivity index (χ3v) is 3.66. The van der Waals surface area contributed by atoms with E-state index in [2.05, 4.69) is 0 Å². The molecule has 0 bridgehead atoms. The van der Waals surface area contributed by atoms with Crippen molar-refractivity contribution < 1.29 is 13.7 Å². The van der Waals surface area contributed by atoms with Gasteiger partial charge in [-0.3, -0.25) is 0 Å². The summed E-state index contributed by atoms with van der Waals surface area (Å²) >= 11 is 0. The zero-order valence-electron chi connectivity index (χ0n) is 10.1. The van der Waals surface area contributed by atoms with Crippen LogP contribution in [0.1, 0.15) is 16.7 Å². The zero-order chi connectivity index (χ0) is 13.2. The maximum Gasteiger partial charge on any atom is 0.427 e. The number of aryl methyl sites for hydroxylation is 3. The second-order valence-corrected chi connectivity index (χ2v) is 5.53. The van der Waals surface area contributed by atoms with Crippen molar-refractivity contribution in [2.24, 2.45) is 0 Å². The van der Waals surface area contributed by atoms with E-state index in [0.29, 0.717) is 5.75 Å². The first kappa shape index (κ1) is 14.0. The Morgan fingerprint density at radius 1 is 1.24 bits per heavy atom. The molecule has 0 spiro atoms. The number of benzene rings is 1. The van der Waals surface area contributed by atoms with Gasteiger partial charge in [0.1, 0.15) is 5.75 Å². The molecule has 1 atom stereocenters. The van der Waals surface area contributed by atoms with E-state index < -0.39 is 16.3 Å². The van der Waals surface area contributed by atoms with Crippen molar-refractivity contribution in [3.8, 4) is 5.75 Å². The molecule has 0 aliphatic carbocycles. The maximum atomic E-state index is 11.5. The molecular weight excluding hydrogens is 262 g/mol. The third-order valence-electron chi connectivity index (χ3n) is 2.46. The van der Waals surface area contributed by atoms with E-state index >= 15 is 0 Å². The molecule has 0 saturated carbocycles. The summed E-state index contributed by atoms with van der Waals surface area (Å²) in [5, 5.41) is 0. The topological polar surface area (TPSA) is 46.6 Å². The highest BCUT2D eigenvalue weighted by Gasteiger charge is 2.17. The highest BCUT2D eigenvalue weighted by molar-refractivity contribution is 8.06. The minimum absolute atomic E-state index is 0.451. The summed E-state index contributed by atoms with van der Waals surface area (Å²) in [7, 11) is 4.69. The molecular formula is C11H14ClNO3S. The molecule has 0 radical (unpaired) electrons. The fourth-order valence-electron chi connectivity index (χ4n) is 1.26. The summed E-state index contributed by atoms with van der Waals surface area (Å²) in [5.74, 6) is 0.451. The van der Waals surface area contributed by atoms with Crippen molar-refractivity contribution in [2.75, 3.05) is 7.05 Å². The number of ether oxygens (including phenoxy) is 1. The summed E-state index contributed by atoms with van der Waals surface area (Å²) in [6, 6.07) is 3.70. The second-order valence-electron chi connectivity index (χ2n) is 3.77. The van der Waals surface area contributed by atoms with Crippen molar-refractivity contribution in [1.29, 1.82) is 0 Å². The second kappa shape index (κ2) is 5.51. The molecule has 1 aromatic carbocycles. The van der Waals surface area contributed by atoms with Gasteiger partial charge in [0.15, 0.2) is 0 Å². The number of hydrogen-bond donors (Lipinski definition) is 0. The van der Waals surface area contributed by atoms with Crippen LogP contribution in [0.2, 0.25) is 0 Å². The van der Waals surface area contributed by atoms with Gasteiger partial charge in [-0.05, 0) is 43.5 Å². The van der Waals surface area contributed by atoms with Gasteiger partial charge in [0.25, 0.3) is 0 Å². The number of hydrogen-bond acceptors (Lipinski definition) is 3. The number of carbonyl (C=O) groups is 1. The fourth-order valence-corrected chi connectivity index (χ4v) is 1.58. The molecule has 0 saturated heterocycles. The quantitative estimate of drug-likeness (QED) is 0.780. The minimum Gasteiger partial charge on any atom is -0.409 e. The van der Waals surface area contributed by atoms with Crippen LogP contribution in [0.25, 0.3) is 0 Å². The van der Waals surface area contributed by atoms with E-state index in [1.807, 2.05) is 26.8 Å². The first-order valence-electron chi connectivity index (χ1n) is 4.94. The average Bonchev–Trinajstić information content (AvgIpc) is 2.24. The van der Waals surface area contributed by atoms with Crippen LogP contribution < -0.4 is 4.74 Å². The molecule has 0 aromatic heterocycles. The minimum atomic E-state index is -1.90. The smallest absolute Gasteiger partial charge is 0.409 e. The molecule has 1 rings (SSSR count). The van der Waals surface area contributed by atoms with Crippen molar-refractivity contribution in [1.82, 2.24) is 4.31 Å². The van der Waals surface area contributed by atoms with E-state index in [4.69, 9.17) is 15.4 Å². The lowest BCUT2D eigenvalue weighted by Gasteiger charge is -2.14. The van der Waals surface area contributed by atoms with E-state index in [-0.39, 0.29) is 0 Å². The van der Waals surface area contributed by atoms with Gasteiger partial charge in [0.2, 0.25) is 10.2 Å². The lowest BCUT2D eigenvalue weighted by Crippen LogP contribution is -2.29. The predicted octanol–water partition coefficient (Wildman–Crippen LogP) is 2.86. The average molecular weight is 276 g/mol. The number of halogens is 1. The molecule has 0 N–H and O–H groups in total. The Kier molecular flexibility index (Phi) is 4.54. The predicted molar refractivity (Wildman–Crippen MR) is 68.4 cm³/mol. The fraction of sp³-hybridized carbons (Fsp3) is 0.364. The first-order chi connectivity index (χ1) is 7.82. The van der Waals surface area contributed by atoms with Crippen LogP contribution >= 0.6 is 10.7 Å². The van der Waals surface area contributed by atoms with Gasteiger partial charge in [0, 0.05) is 17.7 Å². The lowest BCUT2D eigenvalue weighted by molar-refractivity contribution is 0.186. The van der Waals surface area contributed by atoms with Crippen LogP contribution in [0.4, 0.5) is 4.79 Å². The lowest BCUT2D eigenvalue weighted by atomic mass is 10.1. The molecule has 6 heteroatoms. The van der Waals surface area contributed by atoms with Crippen LogP contribution in [-0.4, -0.2) is 21.7 Å². The molecule has 0 aliphatic heterocycles. The maximum absolute atomic E-state index is 11.5. The Labute approximate surface area is 108 Å². The number of rotatable bonds is 2. The third kappa shape index (κ3) is 3.44. The normalized spacial score (nSPS) is 12.1. The highest BCUT2D eigenvalue weighted by Crippen LogP contribution is 2.23. The number of amides is 1. The van der Waals surface area contributed by atoms with Crippen LogP contribution in [0, 0.1) is 20.8 Å². The standard InChI is InChI=1S/C11H14ClNO3S/c1-7-5-9(3)10(6-8(7)2)16-11(14)13(4)17(12)15/h5-6H,1-4H3. The molecule has 17 heavy (non-hydrogen) atoms. The summed E-state index contributed by atoms with van der Waals surface area (Å²) < 4.78 is 16.8. The Morgan fingerprint density at radius 2 is 1.76 bits per heavy atom. The van der Waals surface area contributed by atoms with Gasteiger partial charge >= 0.3 is 6.09 Å². The molecule has 0 fully saturated rings. The van der Waals surface area contributed by atoms with Crippen LogP contribution in [0.15, 0.2) is 12.1 Å². The molecule has 1 amide bonds. The number of nitrogens with zero attached hydrogens (tertiary/aromatic N) is 1. The van der Waals surface area contributed by atoms with Crippen LogP contribution in [0.5, 0.6) is 5.75 Å². The highest BCUT2D eigenvalue weighted by atomic mass is 35.7. The van der Waals surface area contributed by atoms with Crippen molar-refractivity contribution in [2.45, 2.75) is 20.8 Å². The van der Waals surface area contributed by atoms with Crippen molar-refractivity contribution in [3.05, 3.63) is 28.8 Å². The van der Waals surface area contributed by atoms with E-state index in [1.165, 1.54) is 7.05 Å². The SMILES string of the molecule is Cc1cc(C)c(OC(=O)N(C)S(=O)Cl)cc1C. The molecule has 1 unspecified atom stereocenters. The van der Waals surface area contributed by atoms with Crippen LogP contribution in [0.3, 0.4) is 0 Å². The number of carbonyl (C=O) groups excluding carboxylic acids is 1. The van der Waals surface area contributed by atoms with Gasteiger partial charge in [-0.1, -0.05) is 6.07 Å². The Bertz CT molecular complexity index is 476. The van der Waals surface area contributed by atoms with Gasteiger partial charge in [-0.25, -0.2) is 13.3 Å². The zero-order valence-corrected chi connectivity index (χ0v) is 11.7. The summed E-state index contributed by atoms with van der Waals surface area (Å²) in [5.41, 5.74) is 2.99. The monoisotopic (exact) mass is 275 g/mol. The van der Waals surface area contributed by atoms with E-state index in [9.17, 15) is 9.00 Å². The Hall–Kier alpha value is -1.07. The van der Waals surface area contributed by atoms with Gasteiger partial charge in [0.05, 0.1) is 0 Å². The molecule has 1 aromatic rings. The van der Waals surface area contributed by atoms with E-state index in [0.717, 1.165) is 21.0 Å². The van der Waals surface area contributed by atoms with Crippen molar-refractivity contribution >= 4 is 27.0 Å². The van der Waals surface area contributed by atoms with Gasteiger partial charge < -0.3 is 4.74 Å². The molecule has 0 aliphatic rings. The summed E-state index contributed by atoms with van der Waals surface area (Å²) in [6.45, 7) is 5.75. The van der Waals surface area contributed by atoms with Crippen molar-refractivity contribution in [3.63, 3.8) is 0 Å². The molecule has 94 valence electrons. The van der Waals surface area contributed by atoms with Crippen LogP contribution in [-0.2, 0) is 10.2 Å². The molecule has 0 heterocycles. The largest absolute Gasteiger partial charge is 0.427 e. The summed E-state index contributed by atoms with van der Waals surface area (Å²) in [4.78, 5) is 11.5. The Morgan fingerprint density at radius 3 is 2.29 bits per heavy atom. The molecule has 4 nitrogen and oxygen atoms in total.